The highest BCUT2D eigenvalue weighted by atomic mass is 16.3. The predicted molar refractivity (Wildman–Crippen MR) is 135 cm³/mol. The molecule has 5 heteroatoms. The lowest BCUT2D eigenvalue weighted by Gasteiger charge is -2.60. The third-order valence-corrected chi connectivity index (χ3v) is 11.6. The predicted octanol–water partition coefficient (Wildman–Crippen LogP) is 5.39. The molecule has 1 aromatic heterocycles. The van der Waals surface area contributed by atoms with Gasteiger partial charge in [-0.3, -0.25) is 14.3 Å². The van der Waals surface area contributed by atoms with Gasteiger partial charge in [-0.25, -0.2) is 0 Å². The van der Waals surface area contributed by atoms with Crippen molar-refractivity contribution < 1.29 is 14.7 Å². The van der Waals surface area contributed by atoms with Crippen molar-refractivity contribution in [2.75, 3.05) is 0 Å². The molecule has 0 radical (unpaired) electrons. The highest BCUT2D eigenvalue weighted by molar-refractivity contribution is 5.86. The quantitative estimate of drug-likeness (QED) is 0.632. The first-order valence-electron chi connectivity index (χ1n) is 14.1. The number of nitrogens with zero attached hydrogens (tertiary/aromatic N) is 2. The third-order valence-electron chi connectivity index (χ3n) is 11.6. The largest absolute Gasteiger partial charge is 0.382 e. The standard InChI is InChI=1S/C30H42N2O3/c1-18-13-23-24(9-11-29(4)25(23)10-12-30(29,35)19(2)33)28(3)15-21-17-32(31-27(21)14-26(18)28)16-20-5-7-22(34)8-6-20/h14,17-18,20,23-25,35H,5-13,15-16H2,1-4H3/t18-,23+,24-,25-,28+,29-,30-/m0/s1. The summed E-state index contributed by atoms with van der Waals surface area (Å²) in [5.41, 5.74) is 2.79. The Morgan fingerprint density at radius 3 is 2.57 bits per heavy atom. The fraction of sp³-hybridized carbons (Fsp3) is 0.767. The summed E-state index contributed by atoms with van der Waals surface area (Å²) in [6, 6.07) is 0. The molecule has 0 saturated heterocycles. The lowest BCUT2D eigenvalue weighted by Crippen LogP contribution is -2.58. The van der Waals surface area contributed by atoms with E-state index in [0.29, 0.717) is 41.8 Å². The number of rotatable bonds is 3. The monoisotopic (exact) mass is 478 g/mol. The van der Waals surface area contributed by atoms with Crippen molar-refractivity contribution in [3.63, 3.8) is 0 Å². The third kappa shape index (κ3) is 3.32. The van der Waals surface area contributed by atoms with Crippen molar-refractivity contribution in [3.05, 3.63) is 23.0 Å². The SMILES string of the molecule is CC(=O)[C@@]1(O)CC[C@H]2[C@@H]3C[C@H](C)C4=Cc5nn(CC6CCC(=O)CC6)cc5C[C@]4(C)[C@H]3CC[C@@]21C. The van der Waals surface area contributed by atoms with Gasteiger partial charge >= 0.3 is 0 Å². The topological polar surface area (TPSA) is 72.2 Å². The maximum absolute atomic E-state index is 12.6. The minimum absolute atomic E-state index is 0.0336. The summed E-state index contributed by atoms with van der Waals surface area (Å²) in [5, 5.41) is 16.5. The van der Waals surface area contributed by atoms with E-state index in [2.05, 4.69) is 37.7 Å². The summed E-state index contributed by atoms with van der Waals surface area (Å²) in [4.78, 5) is 24.2. The van der Waals surface area contributed by atoms with Gasteiger partial charge < -0.3 is 5.11 Å². The van der Waals surface area contributed by atoms with Crippen LogP contribution in [-0.2, 0) is 22.6 Å². The van der Waals surface area contributed by atoms with Crippen molar-refractivity contribution >= 4 is 17.6 Å². The second kappa shape index (κ2) is 7.87. The zero-order chi connectivity index (χ0) is 24.8. The molecule has 0 aromatic carbocycles. The van der Waals surface area contributed by atoms with Gasteiger partial charge in [-0.15, -0.1) is 0 Å². The van der Waals surface area contributed by atoms with E-state index in [1.165, 1.54) is 5.56 Å². The van der Waals surface area contributed by atoms with Crippen LogP contribution in [0.4, 0.5) is 0 Å². The summed E-state index contributed by atoms with van der Waals surface area (Å²) in [6.07, 6.45) is 14.0. The molecule has 1 heterocycles. The van der Waals surface area contributed by atoms with Gasteiger partial charge in [0.1, 0.15) is 11.4 Å². The molecule has 4 saturated carbocycles. The van der Waals surface area contributed by atoms with Crippen molar-refractivity contribution in [1.29, 1.82) is 0 Å². The number of ketones is 2. The molecule has 5 aliphatic rings. The Labute approximate surface area is 209 Å². The van der Waals surface area contributed by atoms with E-state index in [1.54, 1.807) is 12.5 Å². The summed E-state index contributed by atoms with van der Waals surface area (Å²) in [7, 11) is 0. The van der Waals surface area contributed by atoms with Crippen molar-refractivity contribution in [2.24, 2.45) is 40.4 Å². The van der Waals surface area contributed by atoms with Crippen LogP contribution in [0, 0.1) is 40.4 Å². The van der Waals surface area contributed by atoms with Gasteiger partial charge in [0.2, 0.25) is 0 Å². The van der Waals surface area contributed by atoms with Crippen LogP contribution in [0.1, 0.15) is 96.7 Å². The van der Waals surface area contributed by atoms with Crippen molar-refractivity contribution in [3.8, 4) is 0 Å². The molecule has 0 unspecified atom stereocenters. The zero-order valence-corrected chi connectivity index (χ0v) is 22.0. The van der Waals surface area contributed by atoms with Gasteiger partial charge in [0.05, 0.1) is 5.69 Å². The van der Waals surface area contributed by atoms with Crippen molar-refractivity contribution in [1.82, 2.24) is 9.78 Å². The van der Waals surface area contributed by atoms with Crippen LogP contribution < -0.4 is 0 Å². The minimum atomic E-state index is -1.15. The number of hydrogen-bond donors (Lipinski definition) is 1. The van der Waals surface area contributed by atoms with Gasteiger partial charge in [0, 0.05) is 31.0 Å². The fourth-order valence-electron chi connectivity index (χ4n) is 9.67. The molecule has 5 aliphatic carbocycles. The van der Waals surface area contributed by atoms with E-state index in [1.807, 2.05) is 0 Å². The van der Waals surface area contributed by atoms with Gasteiger partial charge in [0.25, 0.3) is 0 Å². The first kappa shape index (κ1) is 23.6. The van der Waals surface area contributed by atoms with Crippen LogP contribution in [-0.4, -0.2) is 32.1 Å². The molecule has 190 valence electrons. The van der Waals surface area contributed by atoms with E-state index in [4.69, 9.17) is 5.10 Å². The Balaban J connectivity index is 1.28. The average Bonchev–Trinajstić information content (AvgIpc) is 3.31. The van der Waals surface area contributed by atoms with Crippen LogP contribution in [0.15, 0.2) is 11.8 Å². The molecule has 4 fully saturated rings. The van der Waals surface area contributed by atoms with Gasteiger partial charge in [0.15, 0.2) is 5.78 Å². The maximum Gasteiger partial charge on any atom is 0.161 e. The van der Waals surface area contributed by atoms with Crippen LogP contribution in [0.3, 0.4) is 0 Å². The molecular weight excluding hydrogens is 436 g/mol. The number of carbonyl (C=O) groups excluding carboxylic acids is 2. The molecule has 1 aromatic rings. The van der Waals surface area contributed by atoms with Crippen LogP contribution in [0.5, 0.6) is 0 Å². The fourth-order valence-corrected chi connectivity index (χ4v) is 9.67. The number of fused-ring (bicyclic) bond motifs is 6. The average molecular weight is 479 g/mol. The van der Waals surface area contributed by atoms with Crippen LogP contribution >= 0.6 is 0 Å². The molecule has 0 amide bonds. The molecule has 7 atom stereocenters. The molecule has 5 nitrogen and oxygen atoms in total. The number of aromatic nitrogens is 2. The molecule has 6 rings (SSSR count). The summed E-state index contributed by atoms with van der Waals surface area (Å²) >= 11 is 0. The Hall–Kier alpha value is -1.75. The molecule has 0 spiro atoms. The Morgan fingerprint density at radius 2 is 1.86 bits per heavy atom. The number of aliphatic hydroxyl groups is 1. The van der Waals surface area contributed by atoms with Crippen LogP contribution in [0.25, 0.3) is 6.08 Å². The molecule has 0 aliphatic heterocycles. The highest BCUT2D eigenvalue weighted by Gasteiger charge is 2.66. The smallest absolute Gasteiger partial charge is 0.161 e. The van der Waals surface area contributed by atoms with E-state index in [0.717, 1.165) is 70.0 Å². The maximum atomic E-state index is 12.6. The lowest BCUT2D eigenvalue weighted by molar-refractivity contribution is -0.160. The molecule has 0 bridgehead atoms. The number of carbonyl (C=O) groups is 2. The Morgan fingerprint density at radius 1 is 1.14 bits per heavy atom. The lowest BCUT2D eigenvalue weighted by atomic mass is 9.44. The Kier molecular flexibility index (Phi) is 5.32. The van der Waals surface area contributed by atoms with Gasteiger partial charge in [-0.2, -0.15) is 5.10 Å². The normalized spacial score (nSPS) is 43.1. The van der Waals surface area contributed by atoms with Gasteiger partial charge in [-0.1, -0.05) is 26.3 Å². The molecular formula is C30H42N2O3. The van der Waals surface area contributed by atoms with Crippen molar-refractivity contribution in [2.45, 2.75) is 104 Å². The van der Waals surface area contributed by atoms with E-state index >= 15 is 0 Å². The second-order valence-electron chi connectivity index (χ2n) is 13.4. The Bertz CT molecular complexity index is 1090. The second-order valence-corrected chi connectivity index (χ2v) is 13.4. The summed E-state index contributed by atoms with van der Waals surface area (Å²) in [6.45, 7) is 9.61. The molecule has 1 N–H and O–H groups in total. The number of Topliss-reactive ketones (excluding diaryl/α,β-unsaturated/α-hetero) is 2. The minimum Gasteiger partial charge on any atom is -0.382 e. The van der Waals surface area contributed by atoms with E-state index in [9.17, 15) is 14.7 Å². The van der Waals surface area contributed by atoms with E-state index in [-0.39, 0.29) is 16.6 Å². The first-order valence-corrected chi connectivity index (χ1v) is 14.1. The summed E-state index contributed by atoms with van der Waals surface area (Å²) in [5.74, 6) is 3.02. The zero-order valence-electron chi connectivity index (χ0n) is 22.0. The molecule has 35 heavy (non-hydrogen) atoms. The van der Waals surface area contributed by atoms with Gasteiger partial charge in [-0.05, 0) is 105 Å². The number of allylic oxidation sites excluding steroid dienone is 1. The number of hydrogen-bond acceptors (Lipinski definition) is 4. The highest BCUT2D eigenvalue weighted by Crippen LogP contribution is 2.68. The first-order chi connectivity index (χ1) is 16.5. The summed E-state index contributed by atoms with van der Waals surface area (Å²) < 4.78 is 2.16. The van der Waals surface area contributed by atoms with E-state index < -0.39 is 5.60 Å². The van der Waals surface area contributed by atoms with Crippen LogP contribution in [0.2, 0.25) is 0 Å².